The molecule has 2 heterocycles. The minimum absolute atomic E-state index is 0.202. The normalized spacial score (nSPS) is 27.0. The first-order valence-corrected chi connectivity index (χ1v) is 10.3. The lowest BCUT2D eigenvalue weighted by Crippen LogP contribution is -2.42. The Balaban J connectivity index is 1.52. The maximum Gasteiger partial charge on any atom is 0.302 e. The number of allylic oxidation sites excluding steroid dienone is 2. The SMILES string of the molecule is CC1C=C(C2N=C(Nc3nc4ccccc4o3)N=C3CCCC(=O)C32)C=C(Cl)C1. The van der Waals surface area contributed by atoms with Crippen LogP contribution >= 0.6 is 11.6 Å². The molecule has 2 aliphatic carbocycles. The number of benzene rings is 1. The zero-order chi connectivity index (χ0) is 20.0. The number of oxazole rings is 1. The quantitative estimate of drug-likeness (QED) is 0.768. The van der Waals surface area contributed by atoms with Crippen LogP contribution in [0, 0.1) is 11.8 Å². The number of guanidine groups is 1. The van der Waals surface area contributed by atoms with Gasteiger partial charge in [0.2, 0.25) is 5.96 Å². The number of nitrogens with one attached hydrogen (secondary N) is 1. The van der Waals surface area contributed by atoms with Crippen molar-refractivity contribution in [2.75, 3.05) is 5.32 Å². The molecule has 1 aromatic carbocycles. The van der Waals surface area contributed by atoms with E-state index in [-0.39, 0.29) is 17.7 Å². The molecule has 0 radical (unpaired) electrons. The molecule has 6 nitrogen and oxygen atoms in total. The van der Waals surface area contributed by atoms with E-state index in [0.29, 0.717) is 29.9 Å². The van der Waals surface area contributed by atoms with Crippen LogP contribution in [0.2, 0.25) is 0 Å². The van der Waals surface area contributed by atoms with E-state index in [1.165, 1.54) is 0 Å². The van der Waals surface area contributed by atoms with Gasteiger partial charge >= 0.3 is 6.01 Å². The molecule has 0 saturated heterocycles. The zero-order valence-corrected chi connectivity index (χ0v) is 16.8. The van der Waals surface area contributed by atoms with Gasteiger partial charge in [-0.2, -0.15) is 4.98 Å². The Morgan fingerprint density at radius 1 is 1.24 bits per heavy atom. The van der Waals surface area contributed by atoms with E-state index in [1.54, 1.807) is 0 Å². The molecule has 3 aliphatic rings. The predicted molar refractivity (Wildman–Crippen MR) is 114 cm³/mol. The van der Waals surface area contributed by atoms with Gasteiger partial charge in [0, 0.05) is 17.2 Å². The fraction of sp³-hybridized carbons (Fsp3) is 0.364. The number of anilines is 1. The molecule has 1 fully saturated rings. The highest BCUT2D eigenvalue weighted by molar-refractivity contribution is 6.30. The average Bonchev–Trinajstić information content (AvgIpc) is 3.09. The minimum atomic E-state index is -0.321. The highest BCUT2D eigenvalue weighted by Crippen LogP contribution is 2.35. The van der Waals surface area contributed by atoms with Crippen LogP contribution in [0.1, 0.15) is 32.6 Å². The second-order valence-electron chi connectivity index (χ2n) is 7.85. The Labute approximate surface area is 173 Å². The number of halogens is 1. The highest BCUT2D eigenvalue weighted by Gasteiger charge is 2.40. The number of carbonyl (C=O) groups excluding carboxylic acids is 1. The Kier molecular flexibility index (Phi) is 4.59. The molecular formula is C22H21ClN4O2. The van der Waals surface area contributed by atoms with Crippen LogP contribution in [0.15, 0.2) is 61.4 Å². The monoisotopic (exact) mass is 408 g/mol. The Morgan fingerprint density at radius 3 is 2.93 bits per heavy atom. The van der Waals surface area contributed by atoms with Crippen molar-refractivity contribution in [1.82, 2.24) is 4.98 Å². The van der Waals surface area contributed by atoms with Gasteiger partial charge in [-0.3, -0.25) is 10.1 Å². The van der Waals surface area contributed by atoms with E-state index in [1.807, 2.05) is 30.3 Å². The van der Waals surface area contributed by atoms with Crippen LogP contribution in [0.5, 0.6) is 0 Å². The van der Waals surface area contributed by atoms with Gasteiger partial charge in [0.1, 0.15) is 11.3 Å². The molecule has 3 unspecified atom stereocenters. The molecule has 7 heteroatoms. The molecule has 148 valence electrons. The number of carbonyl (C=O) groups is 1. The number of nitrogens with zero attached hydrogens (tertiary/aromatic N) is 3. The topological polar surface area (TPSA) is 79.8 Å². The summed E-state index contributed by atoms with van der Waals surface area (Å²) in [5, 5.41) is 3.90. The summed E-state index contributed by atoms with van der Waals surface area (Å²) >= 11 is 6.36. The zero-order valence-electron chi connectivity index (χ0n) is 16.1. The standard InChI is InChI=1S/C22H21ClN4O2/c1-12-9-13(11-14(23)10-12)20-19-16(6-4-7-17(19)28)24-21(26-20)27-22-25-15-5-2-3-8-18(15)29-22/h2-3,5,8-9,11-12,19-20H,4,6-7,10H2,1H3,(H,25,26,27). The van der Waals surface area contributed by atoms with Gasteiger partial charge in [-0.25, -0.2) is 9.98 Å². The second-order valence-corrected chi connectivity index (χ2v) is 8.33. The molecule has 5 rings (SSSR count). The number of aromatic nitrogens is 1. The molecule has 3 atom stereocenters. The lowest BCUT2D eigenvalue weighted by atomic mass is 9.76. The molecule has 1 aromatic heterocycles. The maximum absolute atomic E-state index is 12.7. The number of ketones is 1. The summed E-state index contributed by atoms with van der Waals surface area (Å²) in [7, 11) is 0. The van der Waals surface area contributed by atoms with Gasteiger partial charge < -0.3 is 4.42 Å². The lowest BCUT2D eigenvalue weighted by molar-refractivity contribution is -0.121. The second kappa shape index (κ2) is 7.26. The van der Waals surface area contributed by atoms with Crippen LogP contribution in [0.4, 0.5) is 6.01 Å². The first-order valence-electron chi connectivity index (χ1n) is 9.95. The number of Topliss-reactive ketones (excluding diaryl/α,β-unsaturated/α-hetero) is 1. The number of rotatable bonds is 2. The number of hydrogen-bond acceptors (Lipinski definition) is 6. The van der Waals surface area contributed by atoms with E-state index in [0.717, 1.165) is 41.1 Å². The predicted octanol–water partition coefficient (Wildman–Crippen LogP) is 4.88. The molecule has 1 aliphatic heterocycles. The van der Waals surface area contributed by atoms with Crippen molar-refractivity contribution < 1.29 is 9.21 Å². The van der Waals surface area contributed by atoms with Crippen LogP contribution < -0.4 is 5.32 Å². The molecule has 0 spiro atoms. The largest absolute Gasteiger partial charge is 0.423 e. The van der Waals surface area contributed by atoms with Gasteiger partial charge in [-0.1, -0.05) is 36.7 Å². The first-order chi connectivity index (χ1) is 14.1. The molecule has 0 bridgehead atoms. The van der Waals surface area contributed by atoms with Crippen LogP contribution in [-0.4, -0.2) is 28.5 Å². The number of hydrogen-bond donors (Lipinski definition) is 1. The van der Waals surface area contributed by atoms with Crippen molar-refractivity contribution in [3.05, 3.63) is 47.0 Å². The Morgan fingerprint density at radius 2 is 2.10 bits per heavy atom. The van der Waals surface area contributed by atoms with Crippen LogP contribution in [0.25, 0.3) is 11.1 Å². The van der Waals surface area contributed by atoms with Crippen LogP contribution in [-0.2, 0) is 4.79 Å². The van der Waals surface area contributed by atoms with E-state index in [9.17, 15) is 4.79 Å². The molecule has 1 saturated carbocycles. The van der Waals surface area contributed by atoms with E-state index in [4.69, 9.17) is 21.0 Å². The van der Waals surface area contributed by atoms with Crippen molar-refractivity contribution in [3.63, 3.8) is 0 Å². The lowest BCUT2D eigenvalue weighted by Gasteiger charge is -2.33. The summed E-state index contributed by atoms with van der Waals surface area (Å²) in [6.07, 6.45) is 7.13. The van der Waals surface area contributed by atoms with Crippen molar-refractivity contribution in [1.29, 1.82) is 0 Å². The summed E-state index contributed by atoms with van der Waals surface area (Å²) in [6, 6.07) is 7.58. The van der Waals surface area contributed by atoms with E-state index < -0.39 is 0 Å². The van der Waals surface area contributed by atoms with Crippen LogP contribution in [0.3, 0.4) is 0 Å². The Hall–Kier alpha value is -2.73. The van der Waals surface area contributed by atoms with Gasteiger partial charge in [0.15, 0.2) is 5.58 Å². The highest BCUT2D eigenvalue weighted by atomic mass is 35.5. The molecule has 2 aromatic rings. The fourth-order valence-electron chi connectivity index (χ4n) is 4.31. The molecular weight excluding hydrogens is 388 g/mol. The third-order valence-corrected chi connectivity index (χ3v) is 5.82. The molecule has 29 heavy (non-hydrogen) atoms. The summed E-state index contributed by atoms with van der Waals surface area (Å²) in [5.41, 5.74) is 3.32. The molecule has 0 amide bonds. The van der Waals surface area contributed by atoms with E-state index >= 15 is 0 Å². The smallest absolute Gasteiger partial charge is 0.302 e. The van der Waals surface area contributed by atoms with Gasteiger partial charge in [-0.15, -0.1) is 0 Å². The summed E-state index contributed by atoms with van der Waals surface area (Å²) in [6.45, 7) is 2.12. The number of aliphatic imine (C=N–C) groups is 2. The van der Waals surface area contributed by atoms with Gasteiger partial charge in [0.05, 0.1) is 12.0 Å². The first kappa shape index (κ1) is 18.3. The van der Waals surface area contributed by atoms with E-state index in [2.05, 4.69) is 28.3 Å². The third kappa shape index (κ3) is 3.53. The Bertz CT molecular complexity index is 1080. The number of para-hydroxylation sites is 2. The molecule has 1 N–H and O–H groups in total. The van der Waals surface area contributed by atoms with Gasteiger partial charge in [0.25, 0.3) is 0 Å². The summed E-state index contributed by atoms with van der Waals surface area (Å²) in [5.74, 6) is 0.627. The summed E-state index contributed by atoms with van der Waals surface area (Å²) in [4.78, 5) is 26.6. The third-order valence-electron chi connectivity index (χ3n) is 5.56. The van der Waals surface area contributed by atoms with Crippen molar-refractivity contribution in [2.24, 2.45) is 21.8 Å². The van der Waals surface area contributed by atoms with Crippen molar-refractivity contribution in [3.8, 4) is 0 Å². The number of fused-ring (bicyclic) bond motifs is 2. The fourth-order valence-corrected chi connectivity index (χ4v) is 4.68. The minimum Gasteiger partial charge on any atom is -0.423 e. The average molecular weight is 409 g/mol. The summed E-state index contributed by atoms with van der Waals surface area (Å²) < 4.78 is 5.76. The van der Waals surface area contributed by atoms with Crippen molar-refractivity contribution >= 4 is 46.2 Å². The van der Waals surface area contributed by atoms with Crippen molar-refractivity contribution in [2.45, 2.75) is 38.6 Å². The van der Waals surface area contributed by atoms with Gasteiger partial charge in [-0.05, 0) is 49.0 Å². The maximum atomic E-state index is 12.7.